The normalized spacial score (nSPS) is 18.5. The van der Waals surface area contributed by atoms with Gasteiger partial charge in [-0.1, -0.05) is 18.7 Å². The van der Waals surface area contributed by atoms with Gasteiger partial charge in [0.15, 0.2) is 0 Å². The highest BCUT2D eigenvalue weighted by molar-refractivity contribution is 7.80. The molecule has 0 bridgehead atoms. The van der Waals surface area contributed by atoms with Crippen molar-refractivity contribution in [2.45, 2.75) is 66.2 Å². The third kappa shape index (κ3) is 6.72. The van der Waals surface area contributed by atoms with E-state index >= 15 is 0 Å². The molecule has 2 amide bonds. The summed E-state index contributed by atoms with van der Waals surface area (Å²) >= 11 is 4.30. The van der Waals surface area contributed by atoms with Crippen LogP contribution in [-0.4, -0.2) is 55.4 Å². The van der Waals surface area contributed by atoms with Gasteiger partial charge in [0.1, 0.15) is 0 Å². The molecule has 1 fully saturated rings. The number of nitrogens with zero attached hydrogens (tertiary/aromatic N) is 1. The zero-order valence-corrected chi connectivity index (χ0v) is 26.3. The summed E-state index contributed by atoms with van der Waals surface area (Å²) < 4.78 is 0. The second-order valence-corrected chi connectivity index (χ2v) is 11.5. The first-order chi connectivity index (χ1) is 20.9. The number of amides is 2. The molecule has 0 spiro atoms. The molecule has 2 aromatic rings. The number of nitrogens with one attached hydrogen (secondary N) is 3. The molecule has 2 aliphatic heterocycles. The first-order valence-electron chi connectivity index (χ1n) is 14.5. The van der Waals surface area contributed by atoms with Crippen molar-refractivity contribution in [2.75, 3.05) is 5.75 Å². The Morgan fingerprint density at radius 3 is 2.14 bits per heavy atom. The Balaban J connectivity index is 1.77. The van der Waals surface area contributed by atoms with Crippen LogP contribution in [0.15, 0.2) is 46.1 Å². The van der Waals surface area contributed by atoms with Crippen LogP contribution in [-0.2, 0) is 44.9 Å². The van der Waals surface area contributed by atoms with Gasteiger partial charge in [0.25, 0.3) is 5.91 Å². The van der Waals surface area contributed by atoms with E-state index in [4.69, 9.17) is 0 Å². The van der Waals surface area contributed by atoms with E-state index in [1.807, 2.05) is 39.8 Å². The van der Waals surface area contributed by atoms with Crippen LogP contribution in [0, 0.1) is 19.8 Å². The molecule has 1 saturated heterocycles. The van der Waals surface area contributed by atoms with Crippen molar-refractivity contribution in [3.63, 3.8) is 0 Å². The number of allylic oxidation sites excluding steroid dienone is 2. The van der Waals surface area contributed by atoms with E-state index in [9.17, 15) is 29.4 Å². The van der Waals surface area contributed by atoms with Crippen molar-refractivity contribution in [3.8, 4) is 0 Å². The van der Waals surface area contributed by atoms with Crippen LogP contribution < -0.4 is 5.32 Å². The molecule has 44 heavy (non-hydrogen) atoms. The van der Waals surface area contributed by atoms with Crippen LogP contribution in [0.1, 0.15) is 71.7 Å². The lowest BCUT2D eigenvalue weighted by atomic mass is 9.97. The summed E-state index contributed by atoms with van der Waals surface area (Å²) in [6.45, 7) is 11.2. The number of carboxylic acid groups (broad SMARTS) is 2. The smallest absolute Gasteiger partial charge is 0.303 e. The number of carbonyl (C=O) groups is 4. The monoisotopic (exact) mass is 618 g/mol. The molecular formula is C33H38N4O6S. The van der Waals surface area contributed by atoms with Crippen LogP contribution >= 0.6 is 12.6 Å². The number of aliphatic carboxylic acids is 2. The summed E-state index contributed by atoms with van der Waals surface area (Å²) in [5.74, 6) is -2.09. The number of hydrogen-bond acceptors (Lipinski definition) is 5. The van der Waals surface area contributed by atoms with Crippen molar-refractivity contribution in [1.82, 2.24) is 15.3 Å². The molecule has 0 unspecified atom stereocenters. The highest BCUT2D eigenvalue weighted by Crippen LogP contribution is 2.32. The maximum absolute atomic E-state index is 12.4. The molecule has 11 heteroatoms. The summed E-state index contributed by atoms with van der Waals surface area (Å²) in [4.78, 5) is 59.0. The number of carboxylic acids is 2. The molecule has 5 N–H and O–H groups in total. The van der Waals surface area contributed by atoms with Crippen LogP contribution in [0.3, 0.4) is 0 Å². The Bertz CT molecular complexity index is 1680. The second-order valence-electron chi connectivity index (χ2n) is 11.2. The minimum Gasteiger partial charge on any atom is -0.481 e. The lowest BCUT2D eigenvalue weighted by Crippen LogP contribution is -2.16. The number of aromatic nitrogens is 2. The van der Waals surface area contributed by atoms with Crippen molar-refractivity contribution in [2.24, 2.45) is 10.9 Å². The fourth-order valence-electron chi connectivity index (χ4n) is 5.92. The van der Waals surface area contributed by atoms with Gasteiger partial charge in [-0.3, -0.25) is 19.2 Å². The molecule has 10 nitrogen and oxygen atoms in total. The summed E-state index contributed by atoms with van der Waals surface area (Å²) in [5.41, 5.74) is 10.1. The zero-order valence-electron chi connectivity index (χ0n) is 25.4. The van der Waals surface area contributed by atoms with Crippen molar-refractivity contribution < 1.29 is 29.4 Å². The van der Waals surface area contributed by atoms with Gasteiger partial charge in [0, 0.05) is 65.5 Å². The standard InChI is InChI=1S/C33H38N4O6S/c1-6-20-16(2)26(36-33(20)43)13-24-17(3)21(7-9-30(38)39)27(34-24)15-28-22(8-10-31(40)41)18(4)25(35-28)14-29-23(11-12-44)19(5)32(42)37-29/h6,11,14,19,34-35,44H,1,7-10,12-13,15H2,2-5H3,(H,37,42)(H,38,39)(H,40,41)/b23-11+,29-14-/t19-/m0/s1. The Labute approximate surface area is 261 Å². The van der Waals surface area contributed by atoms with Crippen LogP contribution in [0.25, 0.3) is 6.08 Å². The van der Waals surface area contributed by atoms with E-state index in [0.29, 0.717) is 48.4 Å². The average molecular weight is 619 g/mol. The third-order valence-corrected chi connectivity index (χ3v) is 8.67. The summed E-state index contributed by atoms with van der Waals surface area (Å²) in [5, 5.41) is 21.9. The lowest BCUT2D eigenvalue weighted by Gasteiger charge is -2.07. The van der Waals surface area contributed by atoms with Gasteiger partial charge in [-0.25, -0.2) is 4.99 Å². The van der Waals surface area contributed by atoms with E-state index < -0.39 is 11.9 Å². The molecule has 1 atom stereocenters. The minimum atomic E-state index is -0.915. The molecule has 0 aromatic carbocycles. The molecule has 0 saturated carbocycles. The molecule has 4 heterocycles. The summed E-state index contributed by atoms with van der Waals surface area (Å²) in [6.07, 6.45) is 6.49. The van der Waals surface area contributed by atoms with Gasteiger partial charge in [0.2, 0.25) is 5.91 Å². The van der Waals surface area contributed by atoms with E-state index in [-0.39, 0.29) is 30.6 Å². The highest BCUT2D eigenvalue weighted by atomic mass is 32.1. The Hall–Kier alpha value is -4.38. The Morgan fingerprint density at radius 2 is 1.57 bits per heavy atom. The minimum absolute atomic E-state index is 0.0603. The number of carbonyl (C=O) groups excluding carboxylic acids is 2. The lowest BCUT2D eigenvalue weighted by molar-refractivity contribution is -0.138. The number of hydrogen-bond donors (Lipinski definition) is 6. The van der Waals surface area contributed by atoms with Gasteiger partial charge in [-0.05, 0) is 80.0 Å². The van der Waals surface area contributed by atoms with E-state index in [1.54, 1.807) is 0 Å². The molecule has 2 aromatic heterocycles. The van der Waals surface area contributed by atoms with Crippen molar-refractivity contribution in [3.05, 3.63) is 86.2 Å². The topological polar surface area (TPSA) is 165 Å². The van der Waals surface area contributed by atoms with Crippen LogP contribution in [0.2, 0.25) is 0 Å². The van der Waals surface area contributed by atoms with Gasteiger partial charge >= 0.3 is 11.9 Å². The maximum Gasteiger partial charge on any atom is 0.303 e. The largest absolute Gasteiger partial charge is 0.481 e. The van der Waals surface area contributed by atoms with E-state index in [1.165, 1.54) is 6.08 Å². The molecule has 232 valence electrons. The number of thiol groups is 1. The molecular weight excluding hydrogens is 580 g/mol. The Morgan fingerprint density at radius 1 is 0.955 bits per heavy atom. The van der Waals surface area contributed by atoms with Crippen molar-refractivity contribution in [1.29, 1.82) is 0 Å². The highest BCUT2D eigenvalue weighted by Gasteiger charge is 2.30. The first kappa shape index (κ1) is 32.5. The third-order valence-electron chi connectivity index (χ3n) is 8.49. The number of aromatic amines is 2. The number of aliphatic imine (C=N–C) groups is 1. The SMILES string of the molecule is C=CC1=C(C)C(Cc2[nH]c(Cc3[nH]c(/C=C4\NC(=O)[C@@H](C)\C4=C/CS)c(C)c3CCC(=O)O)c(CCC(=O)O)c2C)=NC1=O. The number of H-pyrrole nitrogens is 2. The molecule has 4 rings (SSSR count). The maximum atomic E-state index is 12.4. The van der Waals surface area contributed by atoms with E-state index in [2.05, 4.69) is 39.5 Å². The average Bonchev–Trinajstić information content (AvgIpc) is 3.60. The molecule has 2 aliphatic rings. The second kappa shape index (κ2) is 13.5. The number of rotatable bonds is 13. The van der Waals surface area contributed by atoms with Gasteiger partial charge < -0.3 is 25.5 Å². The van der Waals surface area contributed by atoms with E-state index in [0.717, 1.165) is 56.2 Å². The zero-order chi connectivity index (χ0) is 32.3. The predicted octanol–water partition coefficient (Wildman–Crippen LogP) is 4.57. The summed E-state index contributed by atoms with van der Waals surface area (Å²) in [7, 11) is 0. The summed E-state index contributed by atoms with van der Waals surface area (Å²) in [6, 6.07) is 0. The quantitative estimate of drug-likeness (QED) is 0.180. The first-order valence-corrected chi connectivity index (χ1v) is 15.1. The fourth-order valence-corrected chi connectivity index (χ4v) is 6.12. The van der Waals surface area contributed by atoms with Gasteiger partial charge in [0.05, 0.1) is 11.6 Å². The fraction of sp³-hybridized carbons (Fsp3) is 0.364. The van der Waals surface area contributed by atoms with Crippen LogP contribution in [0.4, 0.5) is 0 Å². The van der Waals surface area contributed by atoms with Gasteiger partial charge in [-0.15, -0.1) is 0 Å². The molecule has 0 radical (unpaired) electrons. The van der Waals surface area contributed by atoms with Crippen LogP contribution in [0.5, 0.6) is 0 Å². The molecule has 0 aliphatic carbocycles. The van der Waals surface area contributed by atoms with Gasteiger partial charge in [-0.2, -0.15) is 12.6 Å². The van der Waals surface area contributed by atoms with Crippen molar-refractivity contribution >= 4 is 48.2 Å². The predicted molar refractivity (Wildman–Crippen MR) is 172 cm³/mol. The Kier molecular flexibility index (Phi) is 9.98.